The van der Waals surface area contributed by atoms with Crippen molar-refractivity contribution in [1.82, 2.24) is 0 Å². The molecule has 5 aliphatic rings. The Morgan fingerprint density at radius 2 is 2.04 bits per heavy atom. The van der Waals surface area contributed by atoms with Crippen LogP contribution in [0.4, 0.5) is 0 Å². The highest BCUT2D eigenvalue weighted by atomic mass is 16.6. The summed E-state index contributed by atoms with van der Waals surface area (Å²) in [5, 5.41) is 0. The number of fused-ring (bicyclic) bond motifs is 6. The highest BCUT2D eigenvalue weighted by Gasteiger charge is 2.61. The summed E-state index contributed by atoms with van der Waals surface area (Å²) in [4.78, 5) is 36.8. The largest absolute Gasteiger partial charge is 0.469 e. The summed E-state index contributed by atoms with van der Waals surface area (Å²) in [6, 6.07) is 0. The van der Waals surface area contributed by atoms with Gasteiger partial charge in [0.05, 0.1) is 13.0 Å². The SMILES string of the molecule is COC(=O)[C@@H]1CC2=CC(=O)CCC2(C)C2CC=C3C(CC[C@@]34CCC(=O)O4)C21. The van der Waals surface area contributed by atoms with Crippen molar-refractivity contribution in [2.45, 2.75) is 63.9 Å². The van der Waals surface area contributed by atoms with Gasteiger partial charge in [0.2, 0.25) is 0 Å². The van der Waals surface area contributed by atoms with Crippen LogP contribution in [0.25, 0.3) is 0 Å². The van der Waals surface area contributed by atoms with Crippen LogP contribution in [0.1, 0.15) is 58.3 Å². The van der Waals surface area contributed by atoms with Gasteiger partial charge < -0.3 is 9.47 Å². The fourth-order valence-electron chi connectivity index (χ4n) is 7.16. The average molecular weight is 384 g/mol. The van der Waals surface area contributed by atoms with Gasteiger partial charge in [-0.25, -0.2) is 0 Å². The molecule has 0 radical (unpaired) electrons. The average Bonchev–Trinajstić information content (AvgIpc) is 3.24. The van der Waals surface area contributed by atoms with Crippen LogP contribution >= 0.6 is 0 Å². The first-order valence-electron chi connectivity index (χ1n) is 10.6. The van der Waals surface area contributed by atoms with E-state index in [0.717, 1.165) is 37.7 Å². The summed E-state index contributed by atoms with van der Waals surface area (Å²) < 4.78 is 11.1. The van der Waals surface area contributed by atoms with Crippen molar-refractivity contribution in [2.24, 2.45) is 29.1 Å². The van der Waals surface area contributed by atoms with E-state index in [9.17, 15) is 14.4 Å². The number of hydrogen-bond donors (Lipinski definition) is 0. The maximum absolute atomic E-state index is 12.8. The molecule has 0 amide bonds. The lowest BCUT2D eigenvalue weighted by Gasteiger charge is -2.55. The minimum absolute atomic E-state index is 0.0345. The van der Waals surface area contributed by atoms with E-state index in [1.807, 2.05) is 6.08 Å². The lowest BCUT2D eigenvalue weighted by Crippen LogP contribution is -2.51. The fourth-order valence-corrected chi connectivity index (χ4v) is 7.16. The Bertz CT molecular complexity index is 823. The van der Waals surface area contributed by atoms with Crippen LogP contribution in [0.15, 0.2) is 23.3 Å². The molecule has 1 aliphatic heterocycles. The topological polar surface area (TPSA) is 69.7 Å². The molecule has 1 saturated heterocycles. The van der Waals surface area contributed by atoms with Gasteiger partial charge in [0.1, 0.15) is 5.60 Å². The van der Waals surface area contributed by atoms with Gasteiger partial charge in [0.25, 0.3) is 0 Å². The molecule has 0 aromatic heterocycles. The summed E-state index contributed by atoms with van der Waals surface area (Å²) >= 11 is 0. The lowest BCUT2D eigenvalue weighted by atomic mass is 9.48. The molecule has 5 nitrogen and oxygen atoms in total. The zero-order chi connectivity index (χ0) is 19.7. The summed E-state index contributed by atoms with van der Waals surface area (Å²) in [6.07, 6.45) is 10.2. The Kier molecular flexibility index (Phi) is 3.91. The van der Waals surface area contributed by atoms with Crippen molar-refractivity contribution in [2.75, 3.05) is 7.11 Å². The Labute approximate surface area is 165 Å². The predicted molar refractivity (Wildman–Crippen MR) is 101 cm³/mol. The predicted octanol–water partition coefficient (Wildman–Crippen LogP) is 3.52. The zero-order valence-electron chi connectivity index (χ0n) is 16.7. The van der Waals surface area contributed by atoms with Gasteiger partial charge in [-0.2, -0.15) is 0 Å². The van der Waals surface area contributed by atoms with Crippen molar-refractivity contribution in [1.29, 1.82) is 0 Å². The number of methoxy groups -OCH3 is 1. The van der Waals surface area contributed by atoms with Crippen LogP contribution in [0, 0.1) is 29.1 Å². The molecule has 5 heteroatoms. The minimum Gasteiger partial charge on any atom is -0.469 e. The van der Waals surface area contributed by atoms with Gasteiger partial charge in [-0.1, -0.05) is 18.6 Å². The van der Waals surface area contributed by atoms with Crippen LogP contribution in [0.2, 0.25) is 0 Å². The summed E-state index contributed by atoms with van der Waals surface area (Å²) in [6.45, 7) is 2.29. The van der Waals surface area contributed by atoms with Gasteiger partial charge in [-0.15, -0.1) is 0 Å². The van der Waals surface area contributed by atoms with E-state index >= 15 is 0 Å². The van der Waals surface area contributed by atoms with E-state index < -0.39 is 5.60 Å². The Morgan fingerprint density at radius 1 is 1.21 bits per heavy atom. The lowest BCUT2D eigenvalue weighted by molar-refractivity contribution is -0.153. The van der Waals surface area contributed by atoms with Crippen LogP contribution < -0.4 is 0 Å². The summed E-state index contributed by atoms with van der Waals surface area (Å²) in [7, 11) is 1.46. The zero-order valence-corrected chi connectivity index (χ0v) is 16.7. The van der Waals surface area contributed by atoms with E-state index in [2.05, 4.69) is 13.0 Å². The first-order valence-corrected chi connectivity index (χ1v) is 10.6. The molecule has 28 heavy (non-hydrogen) atoms. The van der Waals surface area contributed by atoms with Gasteiger partial charge in [-0.05, 0) is 66.9 Å². The minimum atomic E-state index is -0.424. The molecule has 4 aliphatic carbocycles. The van der Waals surface area contributed by atoms with E-state index in [-0.39, 0.29) is 40.9 Å². The van der Waals surface area contributed by atoms with E-state index in [0.29, 0.717) is 25.2 Å². The van der Waals surface area contributed by atoms with Crippen LogP contribution in [0.5, 0.6) is 0 Å². The molecule has 2 saturated carbocycles. The van der Waals surface area contributed by atoms with Crippen molar-refractivity contribution in [3.8, 4) is 0 Å². The van der Waals surface area contributed by atoms with Gasteiger partial charge in [0, 0.05) is 19.3 Å². The van der Waals surface area contributed by atoms with Gasteiger partial charge in [0.15, 0.2) is 5.78 Å². The Hall–Kier alpha value is -1.91. The molecule has 150 valence electrons. The number of ketones is 1. The molecule has 0 aromatic carbocycles. The summed E-state index contributed by atoms with van der Waals surface area (Å²) in [5.41, 5.74) is 1.94. The van der Waals surface area contributed by atoms with Crippen molar-refractivity contribution in [3.63, 3.8) is 0 Å². The number of carbonyl (C=O) groups is 3. The second-order valence-electron chi connectivity index (χ2n) is 9.58. The number of ether oxygens (including phenoxy) is 2. The molecule has 1 spiro atoms. The highest BCUT2D eigenvalue weighted by molar-refractivity contribution is 5.92. The molecule has 0 bridgehead atoms. The maximum atomic E-state index is 12.8. The van der Waals surface area contributed by atoms with Crippen molar-refractivity contribution < 1.29 is 23.9 Å². The Balaban J connectivity index is 1.58. The highest BCUT2D eigenvalue weighted by Crippen LogP contribution is 2.64. The number of rotatable bonds is 1. The molecule has 5 rings (SSSR count). The number of hydrogen-bond acceptors (Lipinski definition) is 5. The van der Waals surface area contributed by atoms with Crippen LogP contribution in [0.3, 0.4) is 0 Å². The third kappa shape index (κ3) is 2.34. The molecular formula is C23H28O5. The Morgan fingerprint density at radius 3 is 2.75 bits per heavy atom. The normalized spacial score (nSPS) is 44.2. The van der Waals surface area contributed by atoms with Crippen LogP contribution in [-0.4, -0.2) is 30.4 Å². The molecule has 0 aromatic rings. The number of allylic oxidation sites excluding steroid dienone is 3. The maximum Gasteiger partial charge on any atom is 0.309 e. The molecule has 1 heterocycles. The molecule has 4 unspecified atom stereocenters. The fraction of sp³-hybridized carbons (Fsp3) is 0.696. The van der Waals surface area contributed by atoms with Crippen LogP contribution in [-0.2, 0) is 23.9 Å². The number of carbonyl (C=O) groups excluding carboxylic acids is 3. The van der Waals surface area contributed by atoms with Crippen molar-refractivity contribution in [3.05, 3.63) is 23.3 Å². The van der Waals surface area contributed by atoms with Gasteiger partial charge >= 0.3 is 11.9 Å². The monoisotopic (exact) mass is 384 g/mol. The second kappa shape index (κ2) is 6.04. The van der Waals surface area contributed by atoms with Gasteiger partial charge in [-0.3, -0.25) is 14.4 Å². The van der Waals surface area contributed by atoms with Crippen molar-refractivity contribution >= 4 is 17.7 Å². The standard InChI is InChI=1S/C23H28O5/c1-22-8-5-14(24)11-13(22)12-16(21(26)27-2)20-15-6-9-23(10-7-19(25)28-23)17(15)3-4-18(20)22/h3,11,15-16,18,20H,4-10,12H2,1-2H3/t15?,16-,18?,20?,22?,23-/m1/s1. The summed E-state index contributed by atoms with van der Waals surface area (Å²) in [5.74, 6) is 0.485. The second-order valence-corrected chi connectivity index (χ2v) is 9.58. The molecule has 6 atom stereocenters. The third-order valence-corrected chi connectivity index (χ3v) is 8.53. The molecule has 0 N–H and O–H groups in total. The quantitative estimate of drug-likeness (QED) is 0.511. The molecule has 3 fully saturated rings. The van der Waals surface area contributed by atoms with E-state index in [1.54, 1.807) is 0 Å². The first-order chi connectivity index (χ1) is 13.4. The molecular weight excluding hydrogens is 356 g/mol. The smallest absolute Gasteiger partial charge is 0.309 e. The van der Waals surface area contributed by atoms with E-state index in [4.69, 9.17) is 9.47 Å². The first kappa shape index (κ1) is 18.1. The third-order valence-electron chi connectivity index (χ3n) is 8.53. The van der Waals surface area contributed by atoms with E-state index in [1.165, 1.54) is 12.7 Å². The number of esters is 2.